The highest BCUT2D eigenvalue weighted by Crippen LogP contribution is 2.18. The molecule has 2 aromatic carbocycles. The molecule has 7 heteroatoms. The van der Waals surface area contributed by atoms with Crippen LogP contribution in [0, 0.1) is 26.6 Å². The van der Waals surface area contributed by atoms with Gasteiger partial charge >= 0.3 is 0 Å². The second-order valence-corrected chi connectivity index (χ2v) is 6.65. The molecule has 1 amide bonds. The van der Waals surface area contributed by atoms with Crippen LogP contribution in [0.1, 0.15) is 16.8 Å². The number of benzene rings is 2. The zero-order valence-electron chi connectivity index (χ0n) is 15.9. The monoisotopic (exact) mass is 380 g/mol. The van der Waals surface area contributed by atoms with Gasteiger partial charge < -0.3 is 10.6 Å². The molecular formula is C21H21FN4O2. The zero-order valence-corrected chi connectivity index (χ0v) is 15.9. The molecule has 0 saturated carbocycles. The average Bonchev–Trinajstić information content (AvgIpc) is 2.61. The van der Waals surface area contributed by atoms with Crippen LogP contribution >= 0.6 is 0 Å². The first-order valence-electron chi connectivity index (χ1n) is 8.80. The number of nitrogens with zero attached hydrogens (tertiary/aromatic N) is 2. The van der Waals surface area contributed by atoms with Crippen molar-refractivity contribution in [3.63, 3.8) is 0 Å². The van der Waals surface area contributed by atoms with Crippen LogP contribution < -0.4 is 16.2 Å². The van der Waals surface area contributed by atoms with Crippen molar-refractivity contribution in [2.45, 2.75) is 27.3 Å². The molecule has 0 radical (unpaired) electrons. The molecule has 1 heterocycles. The van der Waals surface area contributed by atoms with Crippen LogP contribution in [0.15, 0.2) is 53.3 Å². The lowest BCUT2D eigenvalue weighted by atomic mass is 10.2. The Hall–Kier alpha value is -3.48. The highest BCUT2D eigenvalue weighted by molar-refractivity contribution is 5.90. The number of nitrogens with one attached hydrogen (secondary N) is 2. The molecule has 28 heavy (non-hydrogen) atoms. The van der Waals surface area contributed by atoms with E-state index in [-0.39, 0.29) is 29.8 Å². The molecule has 2 N–H and O–H groups in total. The van der Waals surface area contributed by atoms with Crippen molar-refractivity contribution in [1.29, 1.82) is 0 Å². The maximum Gasteiger partial charge on any atom is 0.255 e. The quantitative estimate of drug-likeness (QED) is 0.708. The van der Waals surface area contributed by atoms with Gasteiger partial charge in [-0.3, -0.25) is 14.2 Å². The van der Waals surface area contributed by atoms with Crippen molar-refractivity contribution < 1.29 is 9.18 Å². The SMILES string of the molecule is Cc1cccc(NC(=O)Cn2c(Nc3ccc(F)c(C)c3)nc(C)cc2=O)c1. The van der Waals surface area contributed by atoms with E-state index in [1.54, 1.807) is 32.0 Å². The van der Waals surface area contributed by atoms with Crippen molar-refractivity contribution in [1.82, 2.24) is 9.55 Å². The minimum absolute atomic E-state index is 0.206. The molecule has 3 aromatic rings. The van der Waals surface area contributed by atoms with Gasteiger partial charge in [-0.25, -0.2) is 9.37 Å². The van der Waals surface area contributed by atoms with Crippen LogP contribution in [0.25, 0.3) is 0 Å². The third kappa shape index (κ3) is 4.62. The Morgan fingerprint density at radius 2 is 1.86 bits per heavy atom. The zero-order chi connectivity index (χ0) is 20.3. The van der Waals surface area contributed by atoms with Gasteiger partial charge in [0.15, 0.2) is 0 Å². The Balaban J connectivity index is 1.86. The lowest BCUT2D eigenvalue weighted by molar-refractivity contribution is -0.116. The van der Waals surface area contributed by atoms with Crippen LogP contribution in [0.2, 0.25) is 0 Å². The number of hydrogen-bond donors (Lipinski definition) is 2. The molecule has 0 spiro atoms. The summed E-state index contributed by atoms with van der Waals surface area (Å²) in [5.41, 5.74) is 2.87. The second kappa shape index (κ2) is 8.04. The van der Waals surface area contributed by atoms with E-state index >= 15 is 0 Å². The van der Waals surface area contributed by atoms with Gasteiger partial charge in [-0.1, -0.05) is 12.1 Å². The summed E-state index contributed by atoms with van der Waals surface area (Å²) in [6.45, 7) is 5.06. The number of amides is 1. The van der Waals surface area contributed by atoms with Gasteiger partial charge in [-0.2, -0.15) is 0 Å². The number of aromatic nitrogens is 2. The van der Waals surface area contributed by atoms with Gasteiger partial charge in [-0.05, 0) is 62.2 Å². The summed E-state index contributed by atoms with van der Waals surface area (Å²) in [6.07, 6.45) is 0. The number of anilines is 3. The molecule has 0 aliphatic rings. The lowest BCUT2D eigenvalue weighted by Crippen LogP contribution is -2.30. The minimum Gasteiger partial charge on any atom is -0.326 e. The maximum absolute atomic E-state index is 13.5. The summed E-state index contributed by atoms with van der Waals surface area (Å²) in [7, 11) is 0. The van der Waals surface area contributed by atoms with Gasteiger partial charge in [0.2, 0.25) is 11.9 Å². The molecule has 6 nitrogen and oxygen atoms in total. The molecule has 144 valence electrons. The minimum atomic E-state index is -0.353. The van der Waals surface area contributed by atoms with E-state index in [4.69, 9.17) is 0 Å². The van der Waals surface area contributed by atoms with Crippen molar-refractivity contribution in [2.24, 2.45) is 0 Å². The number of aryl methyl sites for hydroxylation is 3. The standard InChI is InChI=1S/C21H21FN4O2/c1-13-5-4-6-16(9-13)24-19(27)12-26-20(28)11-15(3)23-21(26)25-17-7-8-18(22)14(2)10-17/h4-11H,12H2,1-3H3,(H,23,25)(H,24,27). The highest BCUT2D eigenvalue weighted by atomic mass is 19.1. The highest BCUT2D eigenvalue weighted by Gasteiger charge is 2.12. The summed E-state index contributed by atoms with van der Waals surface area (Å²) < 4.78 is 14.7. The van der Waals surface area contributed by atoms with E-state index < -0.39 is 0 Å². The summed E-state index contributed by atoms with van der Waals surface area (Å²) in [6, 6.07) is 13.2. The van der Waals surface area contributed by atoms with Gasteiger partial charge in [0, 0.05) is 23.1 Å². The van der Waals surface area contributed by atoms with Crippen LogP contribution in [-0.2, 0) is 11.3 Å². The Morgan fingerprint density at radius 3 is 2.57 bits per heavy atom. The summed E-state index contributed by atoms with van der Waals surface area (Å²) in [5.74, 6) is -0.454. The molecular weight excluding hydrogens is 359 g/mol. The normalized spacial score (nSPS) is 10.6. The van der Waals surface area contributed by atoms with E-state index in [2.05, 4.69) is 15.6 Å². The number of carbonyl (C=O) groups is 1. The van der Waals surface area contributed by atoms with Crippen molar-refractivity contribution in [3.8, 4) is 0 Å². The number of carbonyl (C=O) groups excluding carboxylic acids is 1. The fourth-order valence-corrected chi connectivity index (χ4v) is 2.79. The third-order valence-corrected chi connectivity index (χ3v) is 4.15. The molecule has 0 saturated heterocycles. The van der Waals surface area contributed by atoms with Crippen molar-refractivity contribution in [3.05, 3.63) is 81.5 Å². The Morgan fingerprint density at radius 1 is 1.07 bits per heavy atom. The van der Waals surface area contributed by atoms with Crippen LogP contribution in [0.3, 0.4) is 0 Å². The fourth-order valence-electron chi connectivity index (χ4n) is 2.79. The van der Waals surface area contributed by atoms with Crippen LogP contribution in [0.4, 0.5) is 21.7 Å². The Bertz CT molecular complexity index is 1090. The molecule has 0 aliphatic heterocycles. The number of hydrogen-bond acceptors (Lipinski definition) is 4. The van der Waals surface area contributed by atoms with E-state index in [0.29, 0.717) is 22.6 Å². The summed E-state index contributed by atoms with van der Waals surface area (Å²) in [5, 5.41) is 5.78. The van der Waals surface area contributed by atoms with Crippen LogP contribution in [0.5, 0.6) is 0 Å². The summed E-state index contributed by atoms with van der Waals surface area (Å²) in [4.78, 5) is 29.2. The predicted molar refractivity (Wildman–Crippen MR) is 107 cm³/mol. The van der Waals surface area contributed by atoms with Gasteiger partial charge in [0.1, 0.15) is 12.4 Å². The molecule has 1 aromatic heterocycles. The smallest absolute Gasteiger partial charge is 0.255 e. The van der Waals surface area contributed by atoms with Crippen molar-refractivity contribution >= 4 is 23.2 Å². The first-order chi connectivity index (χ1) is 13.3. The van der Waals surface area contributed by atoms with E-state index in [1.165, 1.54) is 16.7 Å². The Kier molecular flexibility index (Phi) is 5.54. The topological polar surface area (TPSA) is 76.0 Å². The predicted octanol–water partition coefficient (Wildman–Crippen LogP) is 3.69. The Labute approximate surface area is 162 Å². The molecule has 0 unspecified atom stereocenters. The van der Waals surface area contributed by atoms with Gasteiger partial charge in [0.05, 0.1) is 0 Å². The van der Waals surface area contributed by atoms with Gasteiger partial charge in [-0.15, -0.1) is 0 Å². The molecule has 0 aliphatic carbocycles. The molecule has 0 fully saturated rings. The van der Waals surface area contributed by atoms with Gasteiger partial charge in [0.25, 0.3) is 5.56 Å². The average molecular weight is 380 g/mol. The van der Waals surface area contributed by atoms with Crippen LogP contribution in [-0.4, -0.2) is 15.5 Å². The van der Waals surface area contributed by atoms with Crippen molar-refractivity contribution in [2.75, 3.05) is 10.6 Å². The van der Waals surface area contributed by atoms with E-state index in [9.17, 15) is 14.0 Å². The second-order valence-electron chi connectivity index (χ2n) is 6.65. The number of halogens is 1. The molecule has 0 atom stereocenters. The summed E-state index contributed by atoms with van der Waals surface area (Å²) >= 11 is 0. The first kappa shape index (κ1) is 19.3. The molecule has 3 rings (SSSR count). The lowest BCUT2D eigenvalue weighted by Gasteiger charge is -2.15. The molecule has 0 bridgehead atoms. The van der Waals surface area contributed by atoms with E-state index in [1.807, 2.05) is 25.1 Å². The largest absolute Gasteiger partial charge is 0.326 e. The number of rotatable bonds is 5. The first-order valence-corrected chi connectivity index (χ1v) is 8.80. The third-order valence-electron chi connectivity index (χ3n) is 4.15. The fraction of sp³-hybridized carbons (Fsp3) is 0.190. The maximum atomic E-state index is 13.5. The van der Waals surface area contributed by atoms with E-state index in [0.717, 1.165) is 5.56 Å².